The fraction of sp³-hybridized carbons (Fsp3) is 0.308. The predicted octanol–water partition coefficient (Wildman–Crippen LogP) is 2.86. The van der Waals surface area contributed by atoms with Gasteiger partial charge in [-0.3, -0.25) is 4.79 Å². The molecule has 2 rings (SSSR count). The highest BCUT2D eigenvalue weighted by molar-refractivity contribution is 5.88. The number of hydrogen-bond acceptors (Lipinski definition) is 1. The first-order valence-electron chi connectivity index (χ1n) is 5.04. The lowest BCUT2D eigenvalue weighted by Gasteiger charge is -2.23. The average Bonchev–Trinajstić information content (AvgIpc) is 2.23. The van der Waals surface area contributed by atoms with Crippen molar-refractivity contribution in [2.75, 3.05) is 0 Å². The molecule has 0 fully saturated rings. The number of Topliss-reactive ketones (excluding diaryl/α,β-unsaturated/α-hetero) is 1. The van der Waals surface area contributed by atoms with Crippen molar-refractivity contribution in [3.63, 3.8) is 0 Å². The minimum absolute atomic E-state index is 0.0671. The van der Waals surface area contributed by atoms with Gasteiger partial charge in [-0.1, -0.05) is 30.3 Å². The minimum Gasteiger partial charge on any atom is -0.299 e. The van der Waals surface area contributed by atoms with Crippen molar-refractivity contribution in [1.82, 2.24) is 0 Å². The molecule has 1 atom stereocenters. The van der Waals surface area contributed by atoms with Crippen molar-refractivity contribution >= 4 is 5.78 Å². The summed E-state index contributed by atoms with van der Waals surface area (Å²) >= 11 is 0. The molecule has 0 saturated carbocycles. The highest BCUT2D eigenvalue weighted by atomic mass is 16.1. The summed E-state index contributed by atoms with van der Waals surface area (Å²) in [4.78, 5) is 11.7. The standard InChI is InChI=1S/C13H14O/c1-2-5-12-11-7-4-3-6-10(11)8-9-13(12)14/h2-4,6-7,12H,1,5,8-9H2. The molecule has 1 unspecified atom stereocenters. The molecule has 1 aliphatic rings. The monoisotopic (exact) mass is 186 g/mol. The topological polar surface area (TPSA) is 17.1 Å². The predicted molar refractivity (Wildman–Crippen MR) is 57.3 cm³/mol. The lowest BCUT2D eigenvalue weighted by Crippen LogP contribution is -2.19. The average molecular weight is 186 g/mol. The van der Waals surface area contributed by atoms with E-state index >= 15 is 0 Å². The summed E-state index contributed by atoms with van der Waals surface area (Å²) in [5.74, 6) is 0.432. The highest BCUT2D eigenvalue weighted by Crippen LogP contribution is 2.31. The van der Waals surface area contributed by atoms with Gasteiger partial charge in [0.25, 0.3) is 0 Å². The van der Waals surface area contributed by atoms with Crippen molar-refractivity contribution in [3.8, 4) is 0 Å². The van der Waals surface area contributed by atoms with Crippen molar-refractivity contribution in [2.45, 2.75) is 25.2 Å². The quantitative estimate of drug-likeness (QED) is 0.649. The van der Waals surface area contributed by atoms with E-state index in [0.717, 1.165) is 12.8 Å². The smallest absolute Gasteiger partial charge is 0.140 e. The zero-order valence-electron chi connectivity index (χ0n) is 8.20. The maximum Gasteiger partial charge on any atom is 0.140 e. The highest BCUT2D eigenvalue weighted by Gasteiger charge is 2.25. The Balaban J connectivity index is 2.40. The molecule has 0 saturated heterocycles. The van der Waals surface area contributed by atoms with Crippen molar-refractivity contribution < 1.29 is 4.79 Å². The maximum absolute atomic E-state index is 11.7. The van der Waals surface area contributed by atoms with Crippen LogP contribution in [0.2, 0.25) is 0 Å². The Morgan fingerprint density at radius 1 is 1.36 bits per heavy atom. The number of carbonyl (C=O) groups is 1. The molecule has 0 amide bonds. The molecule has 0 radical (unpaired) electrons. The first-order chi connectivity index (χ1) is 6.83. The van der Waals surface area contributed by atoms with E-state index in [0.29, 0.717) is 12.2 Å². The molecule has 1 aromatic carbocycles. The van der Waals surface area contributed by atoms with Crippen molar-refractivity contribution in [2.24, 2.45) is 0 Å². The van der Waals surface area contributed by atoms with Crippen LogP contribution in [-0.4, -0.2) is 5.78 Å². The van der Waals surface area contributed by atoms with E-state index in [2.05, 4.69) is 18.7 Å². The van der Waals surface area contributed by atoms with Crippen LogP contribution >= 0.6 is 0 Å². The van der Waals surface area contributed by atoms with Gasteiger partial charge in [0.05, 0.1) is 0 Å². The first kappa shape index (κ1) is 9.20. The molecule has 0 aliphatic heterocycles. The van der Waals surface area contributed by atoms with E-state index in [1.807, 2.05) is 18.2 Å². The van der Waals surface area contributed by atoms with Crippen LogP contribution in [0.15, 0.2) is 36.9 Å². The van der Waals surface area contributed by atoms with Crippen molar-refractivity contribution in [3.05, 3.63) is 48.0 Å². The fourth-order valence-corrected chi connectivity index (χ4v) is 2.13. The second-order valence-electron chi connectivity index (χ2n) is 3.74. The molecule has 72 valence electrons. The van der Waals surface area contributed by atoms with Gasteiger partial charge >= 0.3 is 0 Å². The number of allylic oxidation sites excluding steroid dienone is 1. The van der Waals surface area contributed by atoms with E-state index in [-0.39, 0.29) is 5.92 Å². The molecule has 1 heteroatoms. The van der Waals surface area contributed by atoms with Gasteiger partial charge in [0.2, 0.25) is 0 Å². The molecule has 0 aromatic heterocycles. The Hall–Kier alpha value is -1.37. The van der Waals surface area contributed by atoms with E-state index < -0.39 is 0 Å². The van der Waals surface area contributed by atoms with Gasteiger partial charge in [0.15, 0.2) is 0 Å². The lowest BCUT2D eigenvalue weighted by molar-refractivity contribution is -0.120. The molecular formula is C13H14O. The van der Waals surface area contributed by atoms with Gasteiger partial charge in [-0.15, -0.1) is 6.58 Å². The van der Waals surface area contributed by atoms with Crippen LogP contribution in [0.25, 0.3) is 0 Å². The number of aryl methyl sites for hydroxylation is 1. The van der Waals surface area contributed by atoms with Crippen LogP contribution < -0.4 is 0 Å². The summed E-state index contributed by atoms with van der Waals surface area (Å²) in [5.41, 5.74) is 2.54. The fourth-order valence-electron chi connectivity index (χ4n) is 2.13. The normalized spacial score (nSPS) is 20.3. The summed E-state index contributed by atoms with van der Waals surface area (Å²) in [6.07, 6.45) is 4.21. The third-order valence-corrected chi connectivity index (χ3v) is 2.86. The lowest BCUT2D eigenvalue weighted by atomic mass is 9.80. The second kappa shape index (κ2) is 3.79. The van der Waals surface area contributed by atoms with E-state index in [9.17, 15) is 4.79 Å². The summed E-state index contributed by atoms with van der Waals surface area (Å²) < 4.78 is 0. The molecule has 0 N–H and O–H groups in total. The van der Waals surface area contributed by atoms with E-state index in [1.54, 1.807) is 0 Å². The second-order valence-corrected chi connectivity index (χ2v) is 3.74. The van der Waals surface area contributed by atoms with Crippen LogP contribution in [0, 0.1) is 0 Å². The van der Waals surface area contributed by atoms with E-state index in [4.69, 9.17) is 0 Å². The number of carbonyl (C=O) groups excluding carboxylic acids is 1. The van der Waals surface area contributed by atoms with Gasteiger partial charge in [-0.2, -0.15) is 0 Å². The molecule has 0 bridgehead atoms. The SMILES string of the molecule is C=CCC1C(=O)CCc2ccccc21. The zero-order chi connectivity index (χ0) is 9.97. The molecule has 14 heavy (non-hydrogen) atoms. The van der Waals surface area contributed by atoms with Gasteiger partial charge in [0.1, 0.15) is 5.78 Å². The number of benzene rings is 1. The Kier molecular flexibility index (Phi) is 2.49. The van der Waals surface area contributed by atoms with Crippen LogP contribution in [0.4, 0.5) is 0 Å². The van der Waals surface area contributed by atoms with Crippen LogP contribution in [0.5, 0.6) is 0 Å². The van der Waals surface area contributed by atoms with Crippen molar-refractivity contribution in [1.29, 1.82) is 0 Å². The molecular weight excluding hydrogens is 172 g/mol. The third kappa shape index (κ3) is 1.50. The molecule has 1 nitrogen and oxygen atoms in total. The number of ketones is 1. The zero-order valence-corrected chi connectivity index (χ0v) is 8.20. The summed E-state index contributed by atoms with van der Waals surface area (Å²) in [6, 6.07) is 8.24. The third-order valence-electron chi connectivity index (χ3n) is 2.86. The Morgan fingerprint density at radius 3 is 2.93 bits per heavy atom. The molecule has 0 heterocycles. The number of hydrogen-bond donors (Lipinski definition) is 0. The Bertz CT molecular complexity index is 365. The van der Waals surface area contributed by atoms with Gasteiger partial charge in [-0.25, -0.2) is 0 Å². The van der Waals surface area contributed by atoms with Gasteiger partial charge in [-0.05, 0) is 24.0 Å². The summed E-state index contributed by atoms with van der Waals surface area (Å²) in [6.45, 7) is 3.71. The number of rotatable bonds is 2. The van der Waals surface area contributed by atoms with Gasteiger partial charge < -0.3 is 0 Å². The summed E-state index contributed by atoms with van der Waals surface area (Å²) in [5, 5.41) is 0. The van der Waals surface area contributed by atoms with Gasteiger partial charge in [0, 0.05) is 12.3 Å². The molecule has 0 spiro atoms. The van der Waals surface area contributed by atoms with Crippen LogP contribution in [-0.2, 0) is 11.2 Å². The number of fused-ring (bicyclic) bond motifs is 1. The Labute approximate surface area is 84.5 Å². The Morgan fingerprint density at radius 2 is 2.14 bits per heavy atom. The largest absolute Gasteiger partial charge is 0.299 e. The molecule has 1 aromatic rings. The summed E-state index contributed by atoms with van der Waals surface area (Å²) in [7, 11) is 0. The van der Waals surface area contributed by atoms with Crippen LogP contribution in [0.3, 0.4) is 0 Å². The first-order valence-corrected chi connectivity index (χ1v) is 5.04. The van der Waals surface area contributed by atoms with E-state index in [1.165, 1.54) is 11.1 Å². The minimum atomic E-state index is 0.0671. The maximum atomic E-state index is 11.7. The molecule has 1 aliphatic carbocycles. The van der Waals surface area contributed by atoms with Crippen LogP contribution in [0.1, 0.15) is 29.9 Å².